The molecule has 2 amide bonds. The molecule has 1 aromatic heterocycles. The van der Waals surface area contributed by atoms with Gasteiger partial charge in [0.15, 0.2) is 0 Å². The molecule has 1 fully saturated rings. The summed E-state index contributed by atoms with van der Waals surface area (Å²) in [5.74, 6) is -0.335. The summed E-state index contributed by atoms with van der Waals surface area (Å²) in [6.45, 7) is 2.05. The molecule has 0 aliphatic carbocycles. The van der Waals surface area contributed by atoms with Gasteiger partial charge >= 0.3 is 0 Å². The number of fused-ring (bicyclic) bond motifs is 1. The Kier molecular flexibility index (Phi) is 5.00. The van der Waals surface area contributed by atoms with E-state index in [1.807, 2.05) is 38.2 Å². The van der Waals surface area contributed by atoms with Crippen molar-refractivity contribution in [3.63, 3.8) is 0 Å². The lowest BCUT2D eigenvalue weighted by atomic mass is 10.1. The van der Waals surface area contributed by atoms with Crippen molar-refractivity contribution < 1.29 is 9.59 Å². The summed E-state index contributed by atoms with van der Waals surface area (Å²) in [7, 11) is 1.99. The molecule has 7 heteroatoms. The van der Waals surface area contributed by atoms with E-state index in [0.29, 0.717) is 20.5 Å². The van der Waals surface area contributed by atoms with E-state index in [-0.39, 0.29) is 17.7 Å². The molecule has 3 aromatic rings. The van der Waals surface area contributed by atoms with E-state index < -0.39 is 0 Å². The maximum Gasteiger partial charge on any atom is 0.293 e. The summed E-state index contributed by atoms with van der Waals surface area (Å²) in [5.41, 5.74) is 3.62. The molecule has 0 spiro atoms. The van der Waals surface area contributed by atoms with Crippen LogP contribution in [-0.2, 0) is 18.4 Å². The molecular weight excluding hydrogens is 415 g/mol. The van der Waals surface area contributed by atoms with Crippen LogP contribution in [0.3, 0.4) is 0 Å². The first-order chi connectivity index (χ1) is 13.4. The number of carbonyl (C=O) groups is 2. The van der Waals surface area contributed by atoms with E-state index in [2.05, 4.69) is 4.57 Å². The molecule has 0 N–H and O–H groups in total. The van der Waals surface area contributed by atoms with Crippen LogP contribution in [0.4, 0.5) is 4.79 Å². The molecule has 2 aromatic carbocycles. The number of para-hydroxylation sites is 1. The Morgan fingerprint density at radius 1 is 1.04 bits per heavy atom. The predicted molar refractivity (Wildman–Crippen MR) is 116 cm³/mol. The van der Waals surface area contributed by atoms with Gasteiger partial charge in [0.1, 0.15) is 0 Å². The fourth-order valence-electron chi connectivity index (χ4n) is 3.34. The monoisotopic (exact) mass is 430 g/mol. The third-order valence-electron chi connectivity index (χ3n) is 4.98. The summed E-state index contributed by atoms with van der Waals surface area (Å²) in [6.07, 6.45) is 1.80. The van der Waals surface area contributed by atoms with E-state index >= 15 is 0 Å². The summed E-state index contributed by atoms with van der Waals surface area (Å²) in [4.78, 5) is 27.0. The highest BCUT2D eigenvalue weighted by molar-refractivity contribution is 8.18. The van der Waals surface area contributed by atoms with Gasteiger partial charge in [0.05, 0.1) is 11.4 Å². The first-order valence-electron chi connectivity index (χ1n) is 8.60. The van der Waals surface area contributed by atoms with Crippen LogP contribution in [0.15, 0.2) is 47.4 Å². The molecular formula is C21H16Cl2N2O2S. The minimum Gasteiger partial charge on any atom is -0.347 e. The molecule has 0 radical (unpaired) electrons. The van der Waals surface area contributed by atoms with Gasteiger partial charge in [0, 0.05) is 44.8 Å². The largest absolute Gasteiger partial charge is 0.347 e. The highest BCUT2D eigenvalue weighted by Crippen LogP contribution is 2.37. The fourth-order valence-corrected chi connectivity index (χ4v) is 4.68. The van der Waals surface area contributed by atoms with E-state index in [4.69, 9.17) is 23.2 Å². The second kappa shape index (κ2) is 7.32. The zero-order valence-electron chi connectivity index (χ0n) is 15.2. The van der Waals surface area contributed by atoms with Gasteiger partial charge in [-0.2, -0.15) is 0 Å². The van der Waals surface area contributed by atoms with E-state index in [0.717, 1.165) is 33.9 Å². The van der Waals surface area contributed by atoms with Gasteiger partial charge in [-0.25, -0.2) is 0 Å². The average molecular weight is 431 g/mol. The van der Waals surface area contributed by atoms with Crippen LogP contribution in [0.2, 0.25) is 10.0 Å². The van der Waals surface area contributed by atoms with Crippen molar-refractivity contribution >= 4 is 63.1 Å². The number of nitrogens with zero attached hydrogens (tertiary/aromatic N) is 2. The second-order valence-corrected chi connectivity index (χ2v) is 8.35. The molecule has 1 aliphatic rings. The number of thioether (sulfide) groups is 1. The number of carbonyl (C=O) groups excluding carboxylic acids is 2. The van der Waals surface area contributed by atoms with Crippen LogP contribution in [0.1, 0.15) is 16.8 Å². The number of imide groups is 1. The van der Waals surface area contributed by atoms with E-state index in [1.165, 1.54) is 4.90 Å². The van der Waals surface area contributed by atoms with Gasteiger partial charge in [-0.1, -0.05) is 47.5 Å². The Hall–Kier alpha value is -2.21. The Balaban J connectivity index is 1.71. The first kappa shape index (κ1) is 19.1. The normalized spacial score (nSPS) is 16.0. The van der Waals surface area contributed by atoms with Crippen LogP contribution < -0.4 is 0 Å². The van der Waals surface area contributed by atoms with Crippen LogP contribution in [-0.4, -0.2) is 20.6 Å². The van der Waals surface area contributed by atoms with Gasteiger partial charge in [-0.05, 0) is 43.0 Å². The third kappa shape index (κ3) is 3.13. The minimum absolute atomic E-state index is 0.0506. The highest BCUT2D eigenvalue weighted by atomic mass is 35.5. The SMILES string of the molecule is Cc1c(/C=C2\SC(=O)N(Cc3c(Cl)cccc3Cl)C2=O)c2ccccc2n1C. The van der Waals surface area contributed by atoms with Crippen molar-refractivity contribution in [3.8, 4) is 0 Å². The van der Waals surface area contributed by atoms with Crippen molar-refractivity contribution in [1.82, 2.24) is 9.47 Å². The van der Waals surface area contributed by atoms with Crippen LogP contribution >= 0.6 is 35.0 Å². The van der Waals surface area contributed by atoms with Crippen molar-refractivity contribution in [2.24, 2.45) is 7.05 Å². The number of amides is 2. The minimum atomic E-state index is -0.335. The zero-order valence-corrected chi connectivity index (χ0v) is 17.5. The Labute approximate surface area is 176 Å². The van der Waals surface area contributed by atoms with Crippen molar-refractivity contribution in [3.05, 3.63) is 74.2 Å². The number of hydrogen-bond acceptors (Lipinski definition) is 3. The Morgan fingerprint density at radius 3 is 2.43 bits per heavy atom. The van der Waals surface area contributed by atoms with Gasteiger partial charge < -0.3 is 4.57 Å². The molecule has 142 valence electrons. The maximum atomic E-state index is 12.9. The molecule has 1 saturated heterocycles. The van der Waals surface area contributed by atoms with Gasteiger partial charge in [0.2, 0.25) is 0 Å². The third-order valence-corrected chi connectivity index (χ3v) is 6.59. The molecule has 0 unspecified atom stereocenters. The predicted octanol–water partition coefficient (Wildman–Crippen LogP) is 6.03. The lowest BCUT2D eigenvalue weighted by Crippen LogP contribution is -2.27. The smallest absolute Gasteiger partial charge is 0.293 e. The molecule has 0 bridgehead atoms. The van der Waals surface area contributed by atoms with Gasteiger partial charge in [-0.15, -0.1) is 0 Å². The van der Waals surface area contributed by atoms with Crippen LogP contribution in [0.5, 0.6) is 0 Å². The zero-order chi connectivity index (χ0) is 20.0. The van der Waals surface area contributed by atoms with Gasteiger partial charge in [0.25, 0.3) is 11.1 Å². The summed E-state index contributed by atoms with van der Waals surface area (Å²) < 4.78 is 2.08. The number of halogens is 2. The molecule has 1 aliphatic heterocycles. The summed E-state index contributed by atoms with van der Waals surface area (Å²) in [6, 6.07) is 13.1. The Morgan fingerprint density at radius 2 is 1.71 bits per heavy atom. The van der Waals surface area contributed by atoms with Crippen LogP contribution in [0, 0.1) is 6.92 Å². The molecule has 2 heterocycles. The number of rotatable bonds is 3. The number of hydrogen-bond donors (Lipinski definition) is 0. The quantitative estimate of drug-likeness (QED) is 0.476. The lowest BCUT2D eigenvalue weighted by Gasteiger charge is -2.14. The fraction of sp³-hybridized carbons (Fsp3) is 0.143. The summed E-state index contributed by atoms with van der Waals surface area (Å²) in [5, 5.41) is 1.58. The number of benzene rings is 2. The topological polar surface area (TPSA) is 42.3 Å². The summed E-state index contributed by atoms with van der Waals surface area (Å²) >= 11 is 13.3. The lowest BCUT2D eigenvalue weighted by molar-refractivity contribution is -0.123. The first-order valence-corrected chi connectivity index (χ1v) is 10.2. The standard InChI is InChI=1S/C21H16Cl2N2O2S/c1-12-14(13-6-3-4-9-18(13)24(12)2)10-19-20(26)25(21(27)28-19)11-15-16(22)7-5-8-17(15)23/h3-10H,11H2,1-2H3/b19-10-. The van der Waals surface area contributed by atoms with Gasteiger partial charge in [-0.3, -0.25) is 14.5 Å². The van der Waals surface area contributed by atoms with Crippen LogP contribution in [0.25, 0.3) is 17.0 Å². The molecule has 0 atom stereocenters. The van der Waals surface area contributed by atoms with Crippen molar-refractivity contribution in [2.75, 3.05) is 0 Å². The maximum absolute atomic E-state index is 12.9. The van der Waals surface area contributed by atoms with Crippen molar-refractivity contribution in [2.45, 2.75) is 13.5 Å². The molecule has 4 rings (SSSR count). The van der Waals surface area contributed by atoms with Crippen molar-refractivity contribution in [1.29, 1.82) is 0 Å². The molecule has 4 nitrogen and oxygen atoms in total. The average Bonchev–Trinajstić information content (AvgIpc) is 3.07. The van der Waals surface area contributed by atoms with E-state index in [1.54, 1.807) is 24.3 Å². The highest BCUT2D eigenvalue weighted by Gasteiger charge is 2.36. The number of aromatic nitrogens is 1. The van der Waals surface area contributed by atoms with E-state index in [9.17, 15) is 9.59 Å². The molecule has 28 heavy (non-hydrogen) atoms. The second-order valence-electron chi connectivity index (χ2n) is 6.54. The Bertz CT molecular complexity index is 1150. The number of aryl methyl sites for hydroxylation is 1. The molecule has 0 saturated carbocycles.